The van der Waals surface area contributed by atoms with Crippen molar-refractivity contribution in [3.63, 3.8) is 0 Å². The average molecular weight is 388 g/mol. The summed E-state index contributed by atoms with van der Waals surface area (Å²) in [6, 6.07) is 0. The lowest BCUT2D eigenvalue weighted by Crippen LogP contribution is -2.30. The summed E-state index contributed by atoms with van der Waals surface area (Å²) in [5, 5.41) is 19.4. The van der Waals surface area contributed by atoms with Crippen molar-refractivity contribution in [3.05, 3.63) is 30.6 Å². The van der Waals surface area contributed by atoms with Gasteiger partial charge in [0, 0.05) is 0 Å². The van der Waals surface area contributed by atoms with Gasteiger partial charge >= 0.3 is 5.69 Å². The predicted octanol–water partition coefficient (Wildman–Crippen LogP) is 3.18. The summed E-state index contributed by atoms with van der Waals surface area (Å²) in [7, 11) is 0. The summed E-state index contributed by atoms with van der Waals surface area (Å²) in [6.45, 7) is 3.10. The van der Waals surface area contributed by atoms with E-state index < -0.39 is 17.9 Å². The Balaban J connectivity index is 2.96. The number of fused-ring (bicyclic) bond motifs is 1. The van der Waals surface area contributed by atoms with Crippen LogP contribution in [0.3, 0.4) is 0 Å². The van der Waals surface area contributed by atoms with Gasteiger partial charge in [0.25, 0.3) is 0 Å². The number of aliphatic hydroxyl groups is 2. The van der Waals surface area contributed by atoms with Crippen LogP contribution in [0.15, 0.2) is 4.79 Å². The van der Waals surface area contributed by atoms with Gasteiger partial charge in [-0.15, -0.1) is 0 Å². The maximum absolute atomic E-state index is 12.6. The van der Waals surface area contributed by atoms with E-state index in [-0.39, 0.29) is 44.2 Å². The number of benzene rings is 1. The van der Waals surface area contributed by atoms with E-state index in [2.05, 4.69) is 0 Å². The summed E-state index contributed by atoms with van der Waals surface area (Å²) in [4.78, 5) is 12.6. The second-order valence-corrected chi connectivity index (χ2v) is 6.67. The Morgan fingerprint density at radius 2 is 1.14 bits per heavy atom. The predicted molar refractivity (Wildman–Crippen MR) is 89.6 cm³/mol. The second-order valence-electron chi connectivity index (χ2n) is 5.15. The van der Waals surface area contributed by atoms with Crippen LogP contribution in [0.2, 0.25) is 20.1 Å². The normalized spacial score (nSPS) is 14.5. The zero-order valence-corrected chi connectivity index (χ0v) is 14.8. The van der Waals surface area contributed by atoms with E-state index in [9.17, 15) is 15.0 Å². The first-order valence-corrected chi connectivity index (χ1v) is 7.99. The fourth-order valence-corrected chi connectivity index (χ4v) is 3.34. The van der Waals surface area contributed by atoms with Gasteiger partial charge in [-0.3, -0.25) is 9.13 Å². The SMILES string of the molecule is CC(O)Cn1c(=O)n(CC(C)O)c2c(Cl)c(Cl)c(Cl)c(Cl)c21. The minimum Gasteiger partial charge on any atom is -0.392 e. The average Bonchev–Trinajstić information content (AvgIpc) is 2.67. The standard InChI is InChI=1S/C13H14Cl4N2O3/c1-5(20)3-18-11-9(16)7(14)8(15)10(17)12(11)19(13(18)22)4-6(2)21/h5-6,20-21H,3-4H2,1-2H3. The third-order valence-electron chi connectivity index (χ3n) is 3.11. The van der Waals surface area contributed by atoms with Crippen molar-refractivity contribution in [3.8, 4) is 0 Å². The molecule has 122 valence electrons. The molecule has 22 heavy (non-hydrogen) atoms. The first kappa shape index (κ1) is 17.9. The largest absolute Gasteiger partial charge is 0.392 e. The summed E-state index contributed by atoms with van der Waals surface area (Å²) in [5.74, 6) is 0. The molecule has 0 fully saturated rings. The number of nitrogens with zero attached hydrogens (tertiary/aromatic N) is 2. The quantitative estimate of drug-likeness (QED) is 0.625. The Labute approximate surface area is 146 Å². The van der Waals surface area contributed by atoms with Gasteiger partial charge in [0.05, 0.1) is 56.4 Å². The highest BCUT2D eigenvalue weighted by Crippen LogP contribution is 2.42. The maximum Gasteiger partial charge on any atom is 0.329 e. The fourth-order valence-electron chi connectivity index (χ4n) is 2.31. The molecule has 2 rings (SSSR count). The second kappa shape index (κ2) is 6.59. The summed E-state index contributed by atoms with van der Waals surface area (Å²) < 4.78 is 2.55. The van der Waals surface area contributed by atoms with Crippen molar-refractivity contribution in [2.45, 2.75) is 39.1 Å². The smallest absolute Gasteiger partial charge is 0.329 e. The van der Waals surface area contributed by atoms with Crippen LogP contribution in [-0.2, 0) is 13.1 Å². The van der Waals surface area contributed by atoms with E-state index in [1.807, 2.05) is 0 Å². The molecule has 9 heteroatoms. The number of hydrogen-bond acceptors (Lipinski definition) is 3. The molecular weight excluding hydrogens is 374 g/mol. The van der Waals surface area contributed by atoms with E-state index in [0.29, 0.717) is 0 Å². The molecule has 0 saturated carbocycles. The molecule has 5 nitrogen and oxygen atoms in total. The molecule has 2 N–H and O–H groups in total. The molecule has 0 aliphatic rings. The Bertz CT molecular complexity index is 718. The van der Waals surface area contributed by atoms with E-state index in [1.54, 1.807) is 0 Å². The number of imidazole rings is 1. The molecule has 1 heterocycles. The van der Waals surface area contributed by atoms with Gasteiger partial charge in [0.1, 0.15) is 0 Å². The molecule has 2 atom stereocenters. The molecule has 0 aliphatic heterocycles. The van der Waals surface area contributed by atoms with Crippen molar-refractivity contribution in [2.24, 2.45) is 0 Å². The van der Waals surface area contributed by atoms with Crippen molar-refractivity contribution < 1.29 is 10.2 Å². The third kappa shape index (κ3) is 2.98. The Hall–Kier alpha value is -0.430. The highest BCUT2D eigenvalue weighted by molar-refractivity contribution is 6.55. The zero-order chi connectivity index (χ0) is 16.8. The highest BCUT2D eigenvalue weighted by atomic mass is 35.5. The van der Waals surface area contributed by atoms with Gasteiger partial charge in [-0.2, -0.15) is 0 Å². The van der Waals surface area contributed by atoms with Gasteiger partial charge in [-0.25, -0.2) is 4.79 Å². The van der Waals surface area contributed by atoms with E-state index in [1.165, 1.54) is 23.0 Å². The van der Waals surface area contributed by atoms with Crippen molar-refractivity contribution >= 4 is 57.4 Å². The molecule has 0 aliphatic carbocycles. The Kier molecular flexibility index (Phi) is 5.37. The number of aliphatic hydroxyl groups excluding tert-OH is 2. The first-order valence-electron chi connectivity index (χ1n) is 6.47. The minimum atomic E-state index is -0.785. The fraction of sp³-hybridized carbons (Fsp3) is 0.462. The molecular formula is C13H14Cl4N2O3. The van der Waals surface area contributed by atoms with Crippen LogP contribution in [0.1, 0.15) is 13.8 Å². The third-order valence-corrected chi connectivity index (χ3v) is 4.90. The number of halogens is 4. The molecule has 1 aromatic heterocycles. The summed E-state index contributed by atoms with van der Waals surface area (Å²) >= 11 is 24.5. The monoisotopic (exact) mass is 386 g/mol. The van der Waals surface area contributed by atoms with E-state index >= 15 is 0 Å². The highest BCUT2D eigenvalue weighted by Gasteiger charge is 2.25. The van der Waals surface area contributed by atoms with Crippen molar-refractivity contribution in [1.82, 2.24) is 9.13 Å². The number of rotatable bonds is 4. The lowest BCUT2D eigenvalue weighted by molar-refractivity contribution is 0.167. The molecule has 0 bridgehead atoms. The zero-order valence-electron chi connectivity index (χ0n) is 11.8. The molecule has 0 saturated heterocycles. The lowest BCUT2D eigenvalue weighted by atomic mass is 10.3. The topological polar surface area (TPSA) is 67.4 Å². The molecule has 0 radical (unpaired) electrons. The van der Waals surface area contributed by atoms with Crippen LogP contribution in [0.5, 0.6) is 0 Å². The van der Waals surface area contributed by atoms with E-state index in [0.717, 1.165) is 0 Å². The van der Waals surface area contributed by atoms with Gasteiger partial charge in [-0.1, -0.05) is 46.4 Å². The summed E-state index contributed by atoms with van der Waals surface area (Å²) in [6.07, 6.45) is -1.57. The number of aromatic nitrogens is 2. The summed E-state index contributed by atoms with van der Waals surface area (Å²) in [5.41, 5.74) is 0.110. The van der Waals surface area contributed by atoms with E-state index in [4.69, 9.17) is 46.4 Å². The maximum atomic E-state index is 12.6. The van der Waals surface area contributed by atoms with Gasteiger partial charge in [0.2, 0.25) is 0 Å². The van der Waals surface area contributed by atoms with Gasteiger partial charge in [0.15, 0.2) is 0 Å². The number of hydrogen-bond donors (Lipinski definition) is 2. The van der Waals surface area contributed by atoms with Crippen LogP contribution in [0, 0.1) is 0 Å². The van der Waals surface area contributed by atoms with Gasteiger partial charge < -0.3 is 10.2 Å². The Morgan fingerprint density at radius 3 is 1.41 bits per heavy atom. The molecule has 0 spiro atoms. The van der Waals surface area contributed by atoms with Crippen LogP contribution in [0.4, 0.5) is 0 Å². The molecule has 0 amide bonds. The van der Waals surface area contributed by atoms with Crippen LogP contribution >= 0.6 is 46.4 Å². The molecule has 2 unspecified atom stereocenters. The van der Waals surface area contributed by atoms with Crippen molar-refractivity contribution in [2.75, 3.05) is 0 Å². The van der Waals surface area contributed by atoms with Gasteiger partial charge in [-0.05, 0) is 13.8 Å². The van der Waals surface area contributed by atoms with Crippen LogP contribution < -0.4 is 5.69 Å². The lowest BCUT2D eigenvalue weighted by Gasteiger charge is -2.10. The van der Waals surface area contributed by atoms with Crippen molar-refractivity contribution in [1.29, 1.82) is 0 Å². The first-order chi connectivity index (χ1) is 10.2. The molecule has 2 aromatic rings. The Morgan fingerprint density at radius 1 is 0.818 bits per heavy atom. The van der Waals surface area contributed by atoms with Crippen LogP contribution in [-0.4, -0.2) is 31.6 Å². The minimum absolute atomic E-state index is 0.0101. The molecule has 1 aromatic carbocycles. The van der Waals surface area contributed by atoms with Crippen LogP contribution in [0.25, 0.3) is 11.0 Å².